The average Bonchev–Trinajstić information content (AvgIpc) is 2.54. The van der Waals surface area contributed by atoms with Gasteiger partial charge in [-0.1, -0.05) is 24.3 Å². The second-order valence-electron chi connectivity index (χ2n) is 4.75. The first-order valence-electron chi connectivity index (χ1n) is 6.73. The number of thioether (sulfide) groups is 1. The molecule has 0 heterocycles. The molecule has 2 rings (SSSR count). The number of nitrogens with one attached hydrogen (secondary N) is 1. The maximum atomic E-state index is 12.5. The van der Waals surface area contributed by atoms with Crippen LogP contribution in [-0.4, -0.2) is 37.0 Å². The molecule has 1 atom stereocenters. The number of hydrogen-bond donors (Lipinski definition) is 2. The summed E-state index contributed by atoms with van der Waals surface area (Å²) in [4.78, 5) is 24.2. The van der Waals surface area contributed by atoms with Crippen molar-refractivity contribution >= 4 is 40.1 Å². The molecule has 0 spiro atoms. The van der Waals surface area contributed by atoms with Gasteiger partial charge in [0.25, 0.3) is 5.91 Å². The van der Waals surface area contributed by atoms with E-state index in [0.29, 0.717) is 17.0 Å². The van der Waals surface area contributed by atoms with Crippen LogP contribution in [0.15, 0.2) is 36.4 Å². The van der Waals surface area contributed by atoms with Crippen LogP contribution in [0.25, 0.3) is 10.8 Å². The number of nitrogen functional groups attached to an aromatic ring is 1. The zero-order chi connectivity index (χ0) is 16.1. The summed E-state index contributed by atoms with van der Waals surface area (Å²) < 4.78 is 4.72. The number of nitrogens with two attached hydrogens (primary N) is 1. The zero-order valence-corrected chi connectivity index (χ0v) is 13.3. The van der Waals surface area contributed by atoms with E-state index in [1.165, 1.54) is 18.9 Å². The second kappa shape index (κ2) is 7.17. The summed E-state index contributed by atoms with van der Waals surface area (Å²) in [6, 6.07) is 10.1. The first kappa shape index (κ1) is 16.2. The number of esters is 1. The van der Waals surface area contributed by atoms with E-state index in [1.807, 2.05) is 30.5 Å². The van der Waals surface area contributed by atoms with Gasteiger partial charge in [0.05, 0.1) is 7.11 Å². The van der Waals surface area contributed by atoms with Crippen molar-refractivity contribution in [2.24, 2.45) is 0 Å². The van der Waals surface area contributed by atoms with Gasteiger partial charge in [0, 0.05) is 22.4 Å². The Kier molecular flexibility index (Phi) is 5.27. The molecule has 0 radical (unpaired) electrons. The maximum Gasteiger partial charge on any atom is 0.329 e. The van der Waals surface area contributed by atoms with Gasteiger partial charge >= 0.3 is 5.97 Å². The normalized spacial score (nSPS) is 11.9. The Morgan fingerprint density at radius 1 is 1.23 bits per heavy atom. The largest absolute Gasteiger partial charge is 0.467 e. The van der Waals surface area contributed by atoms with E-state index < -0.39 is 12.0 Å². The van der Waals surface area contributed by atoms with Crippen molar-refractivity contribution in [2.45, 2.75) is 6.04 Å². The van der Waals surface area contributed by atoms with Gasteiger partial charge in [-0.3, -0.25) is 4.79 Å². The molecule has 0 aromatic heterocycles. The van der Waals surface area contributed by atoms with Gasteiger partial charge in [-0.2, -0.15) is 11.8 Å². The number of rotatable bonds is 5. The zero-order valence-electron chi connectivity index (χ0n) is 12.5. The van der Waals surface area contributed by atoms with E-state index in [1.54, 1.807) is 12.1 Å². The van der Waals surface area contributed by atoms with Gasteiger partial charge < -0.3 is 15.8 Å². The Morgan fingerprint density at radius 3 is 2.55 bits per heavy atom. The maximum absolute atomic E-state index is 12.5. The quantitative estimate of drug-likeness (QED) is 0.651. The highest BCUT2D eigenvalue weighted by Gasteiger charge is 2.22. The molecule has 22 heavy (non-hydrogen) atoms. The monoisotopic (exact) mass is 318 g/mol. The molecule has 0 saturated heterocycles. The summed E-state index contributed by atoms with van der Waals surface area (Å²) >= 11 is 1.46. The fourth-order valence-electron chi connectivity index (χ4n) is 2.23. The first-order chi connectivity index (χ1) is 10.6. The van der Waals surface area contributed by atoms with Crippen LogP contribution in [0, 0.1) is 0 Å². The topological polar surface area (TPSA) is 81.4 Å². The number of hydrogen-bond acceptors (Lipinski definition) is 5. The number of methoxy groups -OCH3 is 1. The van der Waals surface area contributed by atoms with Crippen molar-refractivity contribution in [2.75, 3.05) is 24.9 Å². The number of amides is 1. The minimum Gasteiger partial charge on any atom is -0.467 e. The lowest BCUT2D eigenvalue weighted by atomic mass is 10.0. The molecule has 6 heteroatoms. The van der Waals surface area contributed by atoms with Gasteiger partial charge in [-0.15, -0.1) is 0 Å². The van der Waals surface area contributed by atoms with Gasteiger partial charge in [-0.25, -0.2) is 4.79 Å². The third kappa shape index (κ3) is 3.33. The number of ether oxygens (including phenoxy) is 1. The van der Waals surface area contributed by atoms with E-state index >= 15 is 0 Å². The van der Waals surface area contributed by atoms with Crippen molar-refractivity contribution < 1.29 is 14.3 Å². The number of fused-ring (bicyclic) bond motifs is 1. The fraction of sp³-hybridized carbons (Fsp3) is 0.250. The highest BCUT2D eigenvalue weighted by atomic mass is 32.2. The third-order valence-electron chi connectivity index (χ3n) is 3.33. The average molecular weight is 318 g/mol. The van der Waals surface area contributed by atoms with Crippen LogP contribution in [-0.2, 0) is 9.53 Å². The van der Waals surface area contributed by atoms with E-state index in [0.717, 1.165) is 10.8 Å². The number of anilines is 1. The minimum absolute atomic E-state index is 0.319. The molecule has 0 aliphatic carbocycles. The summed E-state index contributed by atoms with van der Waals surface area (Å²) in [6.07, 6.45) is 1.86. The van der Waals surface area contributed by atoms with Crippen LogP contribution in [0.1, 0.15) is 10.4 Å². The molecule has 0 unspecified atom stereocenters. The summed E-state index contributed by atoms with van der Waals surface area (Å²) in [5, 5.41) is 4.29. The van der Waals surface area contributed by atoms with E-state index in [4.69, 9.17) is 10.5 Å². The molecule has 0 aliphatic rings. The van der Waals surface area contributed by atoms with Crippen LogP contribution >= 0.6 is 11.8 Å². The molecular formula is C16H18N2O3S. The van der Waals surface area contributed by atoms with E-state index in [9.17, 15) is 9.59 Å². The Labute approximate surface area is 133 Å². The van der Waals surface area contributed by atoms with Crippen molar-refractivity contribution in [3.05, 3.63) is 42.0 Å². The lowest BCUT2D eigenvalue weighted by Gasteiger charge is -2.16. The fourth-order valence-corrected chi connectivity index (χ4v) is 2.79. The SMILES string of the molecule is COC(=O)[C@H](CSC)NC(=O)c1ccc(N)c2ccccc12. The van der Waals surface area contributed by atoms with Crippen molar-refractivity contribution in [3.8, 4) is 0 Å². The van der Waals surface area contributed by atoms with Gasteiger partial charge in [0.1, 0.15) is 6.04 Å². The molecule has 2 aromatic carbocycles. The highest BCUT2D eigenvalue weighted by molar-refractivity contribution is 7.98. The van der Waals surface area contributed by atoms with Crippen LogP contribution in [0.4, 0.5) is 5.69 Å². The number of carbonyl (C=O) groups is 2. The summed E-state index contributed by atoms with van der Waals surface area (Å²) in [5.41, 5.74) is 7.03. The number of carbonyl (C=O) groups excluding carboxylic acids is 2. The summed E-state index contributed by atoms with van der Waals surface area (Å²) in [5.74, 6) is -0.325. The van der Waals surface area contributed by atoms with Gasteiger partial charge in [0.15, 0.2) is 0 Å². The van der Waals surface area contributed by atoms with Crippen LogP contribution in [0.2, 0.25) is 0 Å². The molecular weight excluding hydrogens is 300 g/mol. The van der Waals surface area contributed by atoms with Gasteiger partial charge in [-0.05, 0) is 23.8 Å². The van der Waals surface area contributed by atoms with Gasteiger partial charge in [0.2, 0.25) is 0 Å². The first-order valence-corrected chi connectivity index (χ1v) is 8.12. The predicted molar refractivity (Wildman–Crippen MR) is 90.0 cm³/mol. The van der Waals surface area contributed by atoms with Crippen LogP contribution in [0.3, 0.4) is 0 Å². The Balaban J connectivity index is 2.33. The van der Waals surface area contributed by atoms with Crippen molar-refractivity contribution in [1.82, 2.24) is 5.32 Å². The molecule has 0 bridgehead atoms. The van der Waals surface area contributed by atoms with E-state index in [2.05, 4.69) is 5.32 Å². The molecule has 0 saturated carbocycles. The predicted octanol–water partition coefficient (Wildman–Crippen LogP) is 2.06. The standard InChI is InChI=1S/C16H18N2O3S/c1-21-16(20)14(9-22-2)18-15(19)12-7-8-13(17)11-6-4-3-5-10(11)12/h3-8,14H,9,17H2,1-2H3,(H,18,19)/t14-/m0/s1. The molecule has 2 aromatic rings. The molecule has 0 aliphatic heterocycles. The lowest BCUT2D eigenvalue weighted by molar-refractivity contribution is -0.142. The Morgan fingerprint density at radius 2 is 1.91 bits per heavy atom. The molecule has 0 fully saturated rings. The smallest absolute Gasteiger partial charge is 0.329 e. The Hall–Kier alpha value is -2.21. The molecule has 3 N–H and O–H groups in total. The number of benzene rings is 2. The van der Waals surface area contributed by atoms with Crippen molar-refractivity contribution in [1.29, 1.82) is 0 Å². The van der Waals surface area contributed by atoms with Crippen LogP contribution < -0.4 is 11.1 Å². The lowest BCUT2D eigenvalue weighted by Crippen LogP contribution is -2.43. The molecule has 116 valence electrons. The minimum atomic E-state index is -0.677. The molecule has 5 nitrogen and oxygen atoms in total. The van der Waals surface area contributed by atoms with E-state index in [-0.39, 0.29) is 5.91 Å². The van der Waals surface area contributed by atoms with Crippen LogP contribution in [0.5, 0.6) is 0 Å². The summed E-state index contributed by atoms with van der Waals surface area (Å²) in [7, 11) is 1.31. The molecule has 1 amide bonds. The highest BCUT2D eigenvalue weighted by Crippen LogP contribution is 2.24. The third-order valence-corrected chi connectivity index (χ3v) is 3.99. The second-order valence-corrected chi connectivity index (χ2v) is 5.66. The van der Waals surface area contributed by atoms with Crippen molar-refractivity contribution in [3.63, 3.8) is 0 Å². The Bertz CT molecular complexity index is 703. The summed E-state index contributed by atoms with van der Waals surface area (Å²) in [6.45, 7) is 0.